The van der Waals surface area contributed by atoms with Crippen molar-refractivity contribution in [2.24, 2.45) is 0 Å². The molecule has 1 rings (SSSR count). The lowest BCUT2D eigenvalue weighted by atomic mass is 10.3. The van der Waals surface area contributed by atoms with Gasteiger partial charge in [-0.1, -0.05) is 19.9 Å². The van der Waals surface area contributed by atoms with Gasteiger partial charge < -0.3 is 10.2 Å². The van der Waals surface area contributed by atoms with Gasteiger partial charge in [0, 0.05) is 30.8 Å². The van der Waals surface area contributed by atoms with E-state index >= 15 is 0 Å². The van der Waals surface area contributed by atoms with Crippen LogP contribution in [0.1, 0.15) is 26.3 Å². The van der Waals surface area contributed by atoms with Gasteiger partial charge >= 0.3 is 0 Å². The van der Waals surface area contributed by atoms with E-state index in [0.717, 1.165) is 31.2 Å². The summed E-state index contributed by atoms with van der Waals surface area (Å²) in [7, 11) is 0. The summed E-state index contributed by atoms with van der Waals surface area (Å²) in [5.41, 5.74) is 1.31. The van der Waals surface area contributed by atoms with E-state index in [1.807, 2.05) is 18.0 Å². The van der Waals surface area contributed by atoms with Gasteiger partial charge in [-0.05, 0) is 31.6 Å². The van der Waals surface area contributed by atoms with Gasteiger partial charge in [-0.15, -0.1) is 0 Å². The number of anilines is 1. The molecule has 18 heavy (non-hydrogen) atoms. The first-order valence-electron chi connectivity index (χ1n) is 6.79. The van der Waals surface area contributed by atoms with Crippen molar-refractivity contribution in [3.8, 4) is 0 Å². The Bertz CT molecular complexity index is 309. The predicted molar refractivity (Wildman–Crippen MR) is 82.4 cm³/mol. The zero-order chi connectivity index (χ0) is 13.2. The summed E-state index contributed by atoms with van der Waals surface area (Å²) in [5, 5.41) is 3.21. The highest BCUT2D eigenvalue weighted by atomic mass is 32.2. The molecule has 0 amide bonds. The van der Waals surface area contributed by atoms with Crippen LogP contribution in [-0.4, -0.2) is 41.8 Å². The van der Waals surface area contributed by atoms with Gasteiger partial charge in [0.05, 0.1) is 0 Å². The van der Waals surface area contributed by atoms with Crippen LogP contribution in [0.5, 0.6) is 0 Å². The van der Waals surface area contributed by atoms with Crippen LogP contribution in [0.15, 0.2) is 18.3 Å². The van der Waals surface area contributed by atoms with Crippen LogP contribution in [0.4, 0.5) is 5.82 Å². The fraction of sp³-hybridized carbons (Fsp3) is 0.643. The first kappa shape index (κ1) is 15.3. The molecule has 3 nitrogen and oxygen atoms in total. The van der Waals surface area contributed by atoms with Gasteiger partial charge in [-0.25, -0.2) is 4.98 Å². The molecule has 0 aliphatic carbocycles. The van der Waals surface area contributed by atoms with Crippen molar-refractivity contribution in [3.63, 3.8) is 0 Å². The summed E-state index contributed by atoms with van der Waals surface area (Å²) in [5.74, 6) is 3.21. The fourth-order valence-corrected chi connectivity index (χ4v) is 2.66. The van der Waals surface area contributed by atoms with E-state index < -0.39 is 0 Å². The third kappa shape index (κ3) is 5.74. The summed E-state index contributed by atoms with van der Waals surface area (Å²) < 4.78 is 0. The maximum Gasteiger partial charge on any atom is 0.125 e. The summed E-state index contributed by atoms with van der Waals surface area (Å²) in [6.45, 7) is 10.9. The van der Waals surface area contributed by atoms with Crippen LogP contribution >= 0.6 is 11.8 Å². The first-order valence-corrected chi connectivity index (χ1v) is 7.94. The molecule has 0 radical (unpaired) electrons. The lowest BCUT2D eigenvalue weighted by Crippen LogP contribution is -2.25. The molecule has 0 aliphatic heterocycles. The van der Waals surface area contributed by atoms with Crippen LogP contribution in [0.25, 0.3) is 0 Å². The molecule has 0 saturated carbocycles. The molecule has 0 spiro atoms. The largest absolute Gasteiger partial charge is 0.370 e. The number of nitrogens with one attached hydrogen (secondary N) is 1. The third-order valence-electron chi connectivity index (χ3n) is 2.90. The number of aromatic nitrogens is 1. The summed E-state index contributed by atoms with van der Waals surface area (Å²) in [6.07, 6.45) is 1.97. The molecule has 0 fully saturated rings. The number of thioether (sulfide) groups is 1. The molecular weight excluding hydrogens is 242 g/mol. The quantitative estimate of drug-likeness (QED) is 0.696. The van der Waals surface area contributed by atoms with E-state index in [1.165, 1.54) is 17.9 Å². The van der Waals surface area contributed by atoms with Crippen molar-refractivity contribution >= 4 is 17.6 Å². The second kappa shape index (κ2) is 9.22. The van der Waals surface area contributed by atoms with Crippen molar-refractivity contribution in [3.05, 3.63) is 23.9 Å². The molecule has 1 heterocycles. The molecule has 1 aromatic heterocycles. The Balaban J connectivity index is 2.22. The first-order chi connectivity index (χ1) is 8.80. The summed E-state index contributed by atoms with van der Waals surface area (Å²) >= 11 is 1.98. The lowest BCUT2D eigenvalue weighted by Gasteiger charge is -2.17. The minimum absolute atomic E-state index is 0.922. The van der Waals surface area contributed by atoms with Crippen molar-refractivity contribution in [2.45, 2.75) is 26.5 Å². The van der Waals surface area contributed by atoms with Gasteiger partial charge in [0.1, 0.15) is 5.82 Å². The van der Waals surface area contributed by atoms with E-state index in [-0.39, 0.29) is 0 Å². The highest BCUT2D eigenvalue weighted by Crippen LogP contribution is 2.13. The Kier molecular flexibility index (Phi) is 7.85. The Morgan fingerprint density at radius 1 is 1.22 bits per heavy atom. The maximum absolute atomic E-state index is 4.38. The van der Waals surface area contributed by atoms with Gasteiger partial charge in [-0.2, -0.15) is 11.8 Å². The summed E-state index contributed by atoms with van der Waals surface area (Å²) in [6, 6.07) is 4.22. The second-order valence-electron chi connectivity index (χ2n) is 4.16. The monoisotopic (exact) mass is 267 g/mol. The van der Waals surface area contributed by atoms with E-state index in [2.05, 4.69) is 48.1 Å². The van der Waals surface area contributed by atoms with E-state index in [0.29, 0.717) is 0 Å². The minimum atomic E-state index is 0.922. The highest BCUT2D eigenvalue weighted by Gasteiger charge is 1.99. The number of pyridine rings is 1. The zero-order valence-corrected chi connectivity index (χ0v) is 12.6. The smallest absolute Gasteiger partial charge is 0.125 e. The Morgan fingerprint density at radius 3 is 2.56 bits per heavy atom. The van der Waals surface area contributed by atoms with Gasteiger partial charge in [0.2, 0.25) is 0 Å². The number of nitrogens with zero attached hydrogens (tertiary/aromatic N) is 2. The van der Waals surface area contributed by atoms with Crippen LogP contribution in [0.3, 0.4) is 0 Å². The third-order valence-corrected chi connectivity index (χ3v) is 3.91. The van der Waals surface area contributed by atoms with Crippen LogP contribution in [0.2, 0.25) is 0 Å². The van der Waals surface area contributed by atoms with Crippen molar-refractivity contribution in [1.29, 1.82) is 0 Å². The molecule has 102 valence electrons. The molecule has 0 atom stereocenters. The molecular formula is C14H25N3S. The minimum Gasteiger partial charge on any atom is -0.370 e. The van der Waals surface area contributed by atoms with E-state index in [1.54, 1.807) is 0 Å². The van der Waals surface area contributed by atoms with Crippen molar-refractivity contribution < 1.29 is 0 Å². The fourth-order valence-electron chi connectivity index (χ4n) is 1.72. The van der Waals surface area contributed by atoms with Crippen molar-refractivity contribution in [1.82, 2.24) is 9.88 Å². The molecule has 0 aliphatic rings. The lowest BCUT2D eigenvalue weighted by molar-refractivity contribution is 0.324. The molecule has 0 bridgehead atoms. The number of hydrogen-bond acceptors (Lipinski definition) is 4. The molecule has 1 N–H and O–H groups in total. The average Bonchev–Trinajstić information content (AvgIpc) is 2.41. The molecule has 0 saturated heterocycles. The van der Waals surface area contributed by atoms with Crippen molar-refractivity contribution in [2.75, 3.05) is 37.2 Å². The SMILES string of the molecule is CCNc1ccc(CSCCN(CC)CC)cn1. The van der Waals surface area contributed by atoms with Gasteiger partial charge in [0.15, 0.2) is 0 Å². The molecule has 4 heteroatoms. The highest BCUT2D eigenvalue weighted by molar-refractivity contribution is 7.98. The Labute approximate surface area is 115 Å². The van der Waals surface area contributed by atoms with E-state index in [9.17, 15) is 0 Å². The Hall–Kier alpha value is -0.740. The number of rotatable bonds is 9. The normalized spacial score (nSPS) is 10.9. The molecule has 0 aromatic carbocycles. The standard InChI is InChI=1S/C14H25N3S/c1-4-15-14-8-7-13(11-16-14)12-18-10-9-17(5-2)6-3/h7-8,11H,4-6,9-10,12H2,1-3H3,(H,15,16). The predicted octanol–water partition coefficient (Wildman–Crippen LogP) is 3.09. The molecule has 0 unspecified atom stereocenters. The topological polar surface area (TPSA) is 28.2 Å². The van der Waals surface area contributed by atoms with E-state index in [4.69, 9.17) is 0 Å². The second-order valence-corrected chi connectivity index (χ2v) is 5.27. The zero-order valence-electron chi connectivity index (χ0n) is 11.8. The average molecular weight is 267 g/mol. The molecule has 1 aromatic rings. The van der Waals surface area contributed by atoms with Crippen LogP contribution < -0.4 is 5.32 Å². The number of hydrogen-bond donors (Lipinski definition) is 1. The van der Waals surface area contributed by atoms with Gasteiger partial charge in [-0.3, -0.25) is 0 Å². The Morgan fingerprint density at radius 2 is 2.00 bits per heavy atom. The summed E-state index contributed by atoms with van der Waals surface area (Å²) in [4.78, 5) is 6.84. The van der Waals surface area contributed by atoms with Crippen LogP contribution in [0, 0.1) is 0 Å². The maximum atomic E-state index is 4.38. The van der Waals surface area contributed by atoms with Gasteiger partial charge in [0.25, 0.3) is 0 Å². The van der Waals surface area contributed by atoms with Crippen LogP contribution in [-0.2, 0) is 5.75 Å².